The Labute approximate surface area is 125 Å². The number of ether oxygens (including phenoxy) is 1. The van der Waals surface area contributed by atoms with Gasteiger partial charge >= 0.3 is 0 Å². The number of rotatable bonds is 7. The molecule has 21 heavy (non-hydrogen) atoms. The summed E-state index contributed by atoms with van der Waals surface area (Å²) in [6, 6.07) is 17.7. The number of benzene rings is 2. The molecule has 2 aromatic rings. The van der Waals surface area contributed by atoms with Crippen molar-refractivity contribution in [2.45, 2.75) is 13.0 Å². The molecule has 0 radical (unpaired) electrons. The molecule has 0 atom stereocenters. The molecule has 0 heterocycles. The van der Waals surface area contributed by atoms with E-state index in [-0.39, 0.29) is 13.2 Å². The van der Waals surface area contributed by atoms with Gasteiger partial charge < -0.3 is 14.9 Å². The van der Waals surface area contributed by atoms with E-state index in [9.17, 15) is 5.11 Å². The van der Waals surface area contributed by atoms with Crippen LogP contribution in [0.3, 0.4) is 0 Å². The first-order valence-electron chi connectivity index (χ1n) is 7.00. The van der Waals surface area contributed by atoms with Gasteiger partial charge in [0.1, 0.15) is 12.4 Å². The van der Waals surface area contributed by atoms with Crippen molar-refractivity contribution in [2.24, 2.45) is 0 Å². The first-order valence-corrected chi connectivity index (χ1v) is 7.00. The van der Waals surface area contributed by atoms with E-state index in [4.69, 9.17) is 9.84 Å². The molecule has 2 N–H and O–H groups in total. The normalized spacial score (nSPS) is 11.4. The molecule has 110 valence electrons. The Morgan fingerprint density at radius 1 is 0.952 bits per heavy atom. The number of aliphatic hydroxyl groups is 2. The smallest absolute Gasteiger partial charge is 0.119 e. The molecule has 0 amide bonds. The van der Waals surface area contributed by atoms with E-state index < -0.39 is 0 Å². The van der Waals surface area contributed by atoms with E-state index in [1.165, 1.54) is 0 Å². The van der Waals surface area contributed by atoms with Gasteiger partial charge in [0.2, 0.25) is 0 Å². The fourth-order valence-electron chi connectivity index (χ4n) is 1.98. The van der Waals surface area contributed by atoms with Crippen LogP contribution < -0.4 is 4.74 Å². The van der Waals surface area contributed by atoms with Gasteiger partial charge in [0.15, 0.2) is 0 Å². The standard InChI is InChI=1S/C18H20O3/c19-11-10-17(13-20)12-15-6-8-18(9-7-15)21-14-16-4-2-1-3-5-16/h1-9,12,19-20H,10-11,13-14H2/b17-12+. The van der Waals surface area contributed by atoms with E-state index in [0.29, 0.717) is 13.0 Å². The van der Waals surface area contributed by atoms with Crippen LogP contribution in [-0.2, 0) is 6.61 Å². The third-order valence-corrected chi connectivity index (χ3v) is 3.14. The van der Waals surface area contributed by atoms with Gasteiger partial charge in [0.05, 0.1) is 6.61 Å². The molecule has 0 spiro atoms. The molecular weight excluding hydrogens is 264 g/mol. The van der Waals surface area contributed by atoms with Crippen molar-refractivity contribution >= 4 is 6.08 Å². The average molecular weight is 284 g/mol. The van der Waals surface area contributed by atoms with Crippen LogP contribution in [0.15, 0.2) is 60.2 Å². The molecule has 2 aromatic carbocycles. The van der Waals surface area contributed by atoms with Crippen molar-refractivity contribution in [1.82, 2.24) is 0 Å². The van der Waals surface area contributed by atoms with Crippen LogP contribution in [-0.4, -0.2) is 23.4 Å². The lowest BCUT2D eigenvalue weighted by molar-refractivity contribution is 0.279. The molecule has 2 rings (SSSR count). The predicted octanol–water partition coefficient (Wildman–Crippen LogP) is 3.02. The van der Waals surface area contributed by atoms with Crippen LogP contribution in [0.25, 0.3) is 6.08 Å². The Kier molecular flexibility index (Phi) is 6.00. The monoisotopic (exact) mass is 284 g/mol. The van der Waals surface area contributed by atoms with Crippen molar-refractivity contribution < 1.29 is 14.9 Å². The molecule has 0 aliphatic heterocycles. The number of hydrogen-bond donors (Lipinski definition) is 2. The average Bonchev–Trinajstić information content (AvgIpc) is 2.54. The Balaban J connectivity index is 1.95. The third-order valence-electron chi connectivity index (χ3n) is 3.14. The zero-order valence-electron chi connectivity index (χ0n) is 11.9. The summed E-state index contributed by atoms with van der Waals surface area (Å²) in [4.78, 5) is 0. The lowest BCUT2D eigenvalue weighted by atomic mass is 10.1. The highest BCUT2D eigenvalue weighted by Gasteiger charge is 1.98. The van der Waals surface area contributed by atoms with Crippen molar-refractivity contribution in [1.29, 1.82) is 0 Å². The van der Waals surface area contributed by atoms with Crippen LogP contribution in [0.5, 0.6) is 5.75 Å². The van der Waals surface area contributed by atoms with Gasteiger partial charge in [0, 0.05) is 6.61 Å². The second-order valence-corrected chi connectivity index (χ2v) is 4.78. The maximum atomic E-state index is 9.18. The van der Waals surface area contributed by atoms with E-state index in [1.807, 2.05) is 60.7 Å². The summed E-state index contributed by atoms with van der Waals surface area (Å²) in [6.07, 6.45) is 2.37. The molecule has 0 unspecified atom stereocenters. The van der Waals surface area contributed by atoms with Gasteiger partial charge in [-0.1, -0.05) is 48.5 Å². The summed E-state index contributed by atoms with van der Waals surface area (Å²) in [6.45, 7) is 0.555. The minimum atomic E-state index is -0.0349. The van der Waals surface area contributed by atoms with Crippen molar-refractivity contribution in [3.8, 4) is 5.75 Å². The molecular formula is C18H20O3. The number of hydrogen-bond acceptors (Lipinski definition) is 3. The molecule has 0 aliphatic rings. The van der Waals surface area contributed by atoms with Crippen LogP contribution in [0.1, 0.15) is 17.5 Å². The van der Waals surface area contributed by atoms with E-state index in [2.05, 4.69) is 0 Å². The Morgan fingerprint density at radius 2 is 1.67 bits per heavy atom. The fourth-order valence-corrected chi connectivity index (χ4v) is 1.98. The fraction of sp³-hybridized carbons (Fsp3) is 0.222. The minimum Gasteiger partial charge on any atom is -0.489 e. The topological polar surface area (TPSA) is 49.7 Å². The van der Waals surface area contributed by atoms with Crippen LogP contribution in [0.4, 0.5) is 0 Å². The molecule has 0 aromatic heterocycles. The Hall–Kier alpha value is -2.10. The van der Waals surface area contributed by atoms with Gasteiger partial charge in [-0.25, -0.2) is 0 Å². The van der Waals surface area contributed by atoms with E-state index >= 15 is 0 Å². The van der Waals surface area contributed by atoms with E-state index in [1.54, 1.807) is 0 Å². The Morgan fingerprint density at radius 3 is 2.29 bits per heavy atom. The summed E-state index contributed by atoms with van der Waals surface area (Å²) in [5.74, 6) is 0.809. The quantitative estimate of drug-likeness (QED) is 0.821. The second-order valence-electron chi connectivity index (χ2n) is 4.78. The van der Waals surface area contributed by atoms with E-state index in [0.717, 1.165) is 22.4 Å². The van der Waals surface area contributed by atoms with Crippen LogP contribution in [0, 0.1) is 0 Å². The van der Waals surface area contributed by atoms with Crippen molar-refractivity contribution in [3.05, 3.63) is 71.3 Å². The number of aliphatic hydroxyl groups excluding tert-OH is 2. The summed E-state index contributed by atoms with van der Waals surface area (Å²) in [7, 11) is 0. The predicted molar refractivity (Wildman–Crippen MR) is 84.0 cm³/mol. The molecule has 0 aliphatic carbocycles. The summed E-state index contributed by atoms with van der Waals surface area (Å²) < 4.78 is 5.72. The molecule has 3 heteroatoms. The maximum absolute atomic E-state index is 9.18. The highest BCUT2D eigenvalue weighted by atomic mass is 16.5. The molecule has 0 saturated heterocycles. The van der Waals surface area contributed by atoms with Crippen molar-refractivity contribution in [2.75, 3.05) is 13.2 Å². The van der Waals surface area contributed by atoms with Gasteiger partial charge in [-0.2, -0.15) is 0 Å². The summed E-state index contributed by atoms with van der Waals surface area (Å²) in [5.41, 5.74) is 2.93. The van der Waals surface area contributed by atoms with Crippen LogP contribution >= 0.6 is 0 Å². The van der Waals surface area contributed by atoms with Gasteiger partial charge in [-0.15, -0.1) is 0 Å². The third kappa shape index (κ3) is 5.06. The first-order chi connectivity index (χ1) is 10.3. The van der Waals surface area contributed by atoms with Crippen LogP contribution in [0.2, 0.25) is 0 Å². The van der Waals surface area contributed by atoms with Gasteiger partial charge in [0.25, 0.3) is 0 Å². The summed E-state index contributed by atoms with van der Waals surface area (Å²) in [5, 5.41) is 18.1. The molecule has 0 bridgehead atoms. The van der Waals surface area contributed by atoms with Gasteiger partial charge in [-0.3, -0.25) is 0 Å². The second kappa shape index (κ2) is 8.25. The zero-order valence-corrected chi connectivity index (χ0v) is 11.9. The first kappa shape index (κ1) is 15.3. The lowest BCUT2D eigenvalue weighted by Gasteiger charge is -2.07. The lowest BCUT2D eigenvalue weighted by Crippen LogP contribution is -1.95. The molecule has 0 fully saturated rings. The van der Waals surface area contributed by atoms with Gasteiger partial charge in [-0.05, 0) is 35.3 Å². The zero-order chi connectivity index (χ0) is 14.9. The molecule has 3 nitrogen and oxygen atoms in total. The van der Waals surface area contributed by atoms with Crippen molar-refractivity contribution in [3.63, 3.8) is 0 Å². The minimum absolute atomic E-state index is 0.0349. The highest BCUT2D eigenvalue weighted by Crippen LogP contribution is 2.16. The SMILES string of the molecule is OCC/C(=C\c1ccc(OCc2ccccc2)cc1)CO. The maximum Gasteiger partial charge on any atom is 0.119 e. The highest BCUT2D eigenvalue weighted by molar-refractivity contribution is 5.54. The molecule has 0 saturated carbocycles. The Bertz CT molecular complexity index is 559. The largest absolute Gasteiger partial charge is 0.489 e. The summed E-state index contributed by atoms with van der Waals surface area (Å²) >= 11 is 0.